The summed E-state index contributed by atoms with van der Waals surface area (Å²) in [5, 5.41) is 11.6. The zero-order chi connectivity index (χ0) is 23.1. The standard InChI is InChI=1S/C26H20Cl2N2O3/c1-2-30-13-15(12-16-10-11-22(33-16)18-7-5-8-20(27)24(18)28)25-19(14-30)23(26(31)32)17-6-3-4-9-21(17)29-25/h3-12H,2,13-14H2,1H3,(H,31,32). The number of rotatable bonds is 4. The van der Waals surface area contributed by atoms with E-state index in [2.05, 4.69) is 11.8 Å². The molecule has 0 bridgehead atoms. The van der Waals surface area contributed by atoms with Gasteiger partial charge in [-0.25, -0.2) is 9.78 Å². The Morgan fingerprint density at radius 2 is 1.94 bits per heavy atom. The van der Waals surface area contributed by atoms with E-state index in [1.807, 2.05) is 54.6 Å². The molecule has 3 heterocycles. The van der Waals surface area contributed by atoms with E-state index in [9.17, 15) is 9.90 Å². The first-order chi connectivity index (χ1) is 16.0. The minimum Gasteiger partial charge on any atom is -0.478 e. The summed E-state index contributed by atoms with van der Waals surface area (Å²) in [4.78, 5) is 19.3. The van der Waals surface area contributed by atoms with Crippen LogP contribution in [0.5, 0.6) is 0 Å². The van der Waals surface area contributed by atoms with Crippen LogP contribution in [0.25, 0.3) is 33.9 Å². The Hall–Kier alpha value is -3.12. The highest BCUT2D eigenvalue weighted by molar-refractivity contribution is 6.43. The van der Waals surface area contributed by atoms with Gasteiger partial charge in [-0.3, -0.25) is 4.90 Å². The third kappa shape index (κ3) is 3.93. The first-order valence-corrected chi connectivity index (χ1v) is 11.3. The average molecular weight is 479 g/mol. The molecule has 2 aromatic carbocycles. The number of nitrogens with zero attached hydrogens (tertiary/aromatic N) is 2. The van der Waals surface area contributed by atoms with Crippen molar-refractivity contribution in [1.29, 1.82) is 0 Å². The number of pyridine rings is 1. The predicted molar refractivity (Wildman–Crippen MR) is 132 cm³/mol. The fourth-order valence-electron chi connectivity index (χ4n) is 4.29. The SMILES string of the molecule is CCN1CC(=Cc2ccc(-c3cccc(Cl)c3Cl)o2)c2nc3ccccc3c(C(=O)O)c2C1. The lowest BCUT2D eigenvalue weighted by Gasteiger charge is -2.30. The van der Waals surface area contributed by atoms with Gasteiger partial charge in [0.25, 0.3) is 0 Å². The number of carbonyl (C=O) groups is 1. The lowest BCUT2D eigenvalue weighted by Crippen LogP contribution is -2.31. The van der Waals surface area contributed by atoms with Crippen LogP contribution in [0.3, 0.4) is 0 Å². The van der Waals surface area contributed by atoms with E-state index >= 15 is 0 Å². The lowest BCUT2D eigenvalue weighted by molar-refractivity contribution is 0.0696. The van der Waals surface area contributed by atoms with Crippen molar-refractivity contribution in [2.75, 3.05) is 13.1 Å². The molecule has 1 aliphatic heterocycles. The van der Waals surface area contributed by atoms with Crippen LogP contribution in [0.4, 0.5) is 0 Å². The van der Waals surface area contributed by atoms with E-state index in [-0.39, 0.29) is 0 Å². The molecule has 0 unspecified atom stereocenters. The number of aromatic nitrogens is 1. The number of aromatic carboxylic acids is 1. The first-order valence-electron chi connectivity index (χ1n) is 10.6. The molecule has 5 rings (SSSR count). The summed E-state index contributed by atoms with van der Waals surface area (Å²) in [5.74, 6) is 0.292. The van der Waals surface area contributed by atoms with Crippen LogP contribution >= 0.6 is 23.2 Å². The van der Waals surface area contributed by atoms with Gasteiger partial charge in [0.15, 0.2) is 0 Å². The molecular weight excluding hydrogens is 459 g/mol. The molecule has 0 fully saturated rings. The Morgan fingerprint density at radius 3 is 2.73 bits per heavy atom. The molecule has 7 heteroatoms. The Balaban J connectivity index is 1.65. The Morgan fingerprint density at radius 1 is 1.12 bits per heavy atom. The van der Waals surface area contributed by atoms with Gasteiger partial charge in [0.1, 0.15) is 11.5 Å². The van der Waals surface area contributed by atoms with Crippen molar-refractivity contribution in [3.8, 4) is 11.3 Å². The zero-order valence-electron chi connectivity index (χ0n) is 17.8. The van der Waals surface area contributed by atoms with Gasteiger partial charge in [-0.05, 0) is 48.5 Å². The lowest BCUT2D eigenvalue weighted by atomic mass is 9.92. The van der Waals surface area contributed by atoms with Crippen molar-refractivity contribution in [2.24, 2.45) is 0 Å². The molecule has 0 amide bonds. The molecule has 1 N–H and O–H groups in total. The topological polar surface area (TPSA) is 66.6 Å². The second-order valence-corrected chi connectivity index (χ2v) is 8.70. The van der Waals surface area contributed by atoms with Gasteiger partial charge in [0, 0.05) is 29.6 Å². The van der Waals surface area contributed by atoms with Crippen LogP contribution in [0.15, 0.2) is 59.0 Å². The van der Waals surface area contributed by atoms with E-state index in [0.717, 1.165) is 17.7 Å². The van der Waals surface area contributed by atoms with Gasteiger partial charge in [-0.2, -0.15) is 0 Å². The minimum atomic E-state index is -0.946. The first kappa shape index (κ1) is 21.7. The maximum atomic E-state index is 12.3. The van der Waals surface area contributed by atoms with Gasteiger partial charge in [0.05, 0.1) is 26.8 Å². The summed E-state index contributed by atoms with van der Waals surface area (Å²) >= 11 is 12.5. The van der Waals surface area contributed by atoms with Gasteiger partial charge >= 0.3 is 5.97 Å². The molecule has 166 valence electrons. The highest BCUT2D eigenvalue weighted by Crippen LogP contribution is 2.37. The van der Waals surface area contributed by atoms with Gasteiger partial charge in [-0.15, -0.1) is 0 Å². The molecule has 1 aliphatic rings. The summed E-state index contributed by atoms with van der Waals surface area (Å²) in [6, 6.07) is 16.5. The fraction of sp³-hybridized carbons (Fsp3) is 0.154. The summed E-state index contributed by atoms with van der Waals surface area (Å²) in [6.07, 6.45) is 1.93. The maximum Gasteiger partial charge on any atom is 0.336 e. The molecule has 5 nitrogen and oxygen atoms in total. The van der Waals surface area contributed by atoms with Crippen LogP contribution in [0, 0.1) is 0 Å². The second kappa shape index (κ2) is 8.67. The van der Waals surface area contributed by atoms with Crippen LogP contribution in [0.2, 0.25) is 10.0 Å². The number of halogens is 2. The zero-order valence-corrected chi connectivity index (χ0v) is 19.3. The van der Waals surface area contributed by atoms with Crippen molar-refractivity contribution in [3.05, 3.63) is 87.2 Å². The molecular formula is C26H20Cl2N2O3. The van der Waals surface area contributed by atoms with E-state index in [1.54, 1.807) is 6.07 Å². The van der Waals surface area contributed by atoms with E-state index in [1.165, 1.54) is 0 Å². The third-order valence-corrected chi connectivity index (χ3v) is 6.71. The van der Waals surface area contributed by atoms with Gasteiger partial charge in [-0.1, -0.05) is 54.4 Å². The summed E-state index contributed by atoms with van der Waals surface area (Å²) in [7, 11) is 0. The summed E-state index contributed by atoms with van der Waals surface area (Å²) < 4.78 is 6.08. The predicted octanol–water partition coefficient (Wildman–Crippen LogP) is 6.88. The van der Waals surface area contributed by atoms with Gasteiger partial charge in [0.2, 0.25) is 0 Å². The highest BCUT2D eigenvalue weighted by Gasteiger charge is 2.28. The molecule has 2 aromatic heterocycles. The highest BCUT2D eigenvalue weighted by atomic mass is 35.5. The van der Waals surface area contributed by atoms with E-state index in [0.29, 0.717) is 62.4 Å². The molecule has 0 spiro atoms. The van der Waals surface area contributed by atoms with Crippen LogP contribution in [-0.2, 0) is 6.54 Å². The smallest absolute Gasteiger partial charge is 0.336 e. The second-order valence-electron chi connectivity index (χ2n) is 7.91. The van der Waals surface area contributed by atoms with Crippen molar-refractivity contribution >= 4 is 51.7 Å². The number of fused-ring (bicyclic) bond motifs is 2. The number of furan rings is 1. The van der Waals surface area contributed by atoms with E-state index < -0.39 is 5.97 Å². The third-order valence-electron chi connectivity index (χ3n) is 5.89. The Kier molecular flexibility index (Phi) is 5.71. The number of benzene rings is 2. The molecule has 0 saturated heterocycles. The quantitative estimate of drug-likeness (QED) is 0.346. The maximum absolute atomic E-state index is 12.3. The number of likely N-dealkylation sites (N-methyl/N-ethyl adjacent to an activating group) is 1. The summed E-state index contributed by atoms with van der Waals surface area (Å²) in [5.41, 5.74) is 4.02. The minimum absolute atomic E-state index is 0.311. The van der Waals surface area contributed by atoms with Crippen molar-refractivity contribution in [1.82, 2.24) is 9.88 Å². The number of carboxylic acids is 1. The molecule has 33 heavy (non-hydrogen) atoms. The van der Waals surface area contributed by atoms with Crippen LogP contribution < -0.4 is 0 Å². The number of carboxylic acid groups (broad SMARTS) is 1. The number of hydrogen-bond acceptors (Lipinski definition) is 4. The van der Waals surface area contributed by atoms with Crippen LogP contribution in [0.1, 0.15) is 34.3 Å². The van der Waals surface area contributed by atoms with Crippen LogP contribution in [-0.4, -0.2) is 34.0 Å². The van der Waals surface area contributed by atoms with E-state index in [4.69, 9.17) is 32.6 Å². The van der Waals surface area contributed by atoms with Gasteiger partial charge < -0.3 is 9.52 Å². The molecule has 0 atom stereocenters. The van der Waals surface area contributed by atoms with Crippen molar-refractivity contribution in [2.45, 2.75) is 13.5 Å². The largest absolute Gasteiger partial charge is 0.478 e. The average Bonchev–Trinajstić information content (AvgIpc) is 3.27. The monoisotopic (exact) mass is 478 g/mol. The normalized spacial score (nSPS) is 15.2. The molecule has 0 aliphatic carbocycles. The summed E-state index contributed by atoms with van der Waals surface area (Å²) in [6.45, 7) is 4.01. The Labute approximate surface area is 200 Å². The fourth-order valence-corrected chi connectivity index (χ4v) is 4.68. The van der Waals surface area contributed by atoms with Crippen molar-refractivity contribution < 1.29 is 14.3 Å². The molecule has 0 saturated carbocycles. The molecule has 4 aromatic rings. The molecule has 0 radical (unpaired) electrons. The number of para-hydroxylation sites is 1. The number of hydrogen-bond donors (Lipinski definition) is 1. The Bertz CT molecular complexity index is 1420. The van der Waals surface area contributed by atoms with Crippen molar-refractivity contribution in [3.63, 3.8) is 0 Å².